The van der Waals surface area contributed by atoms with Crippen LogP contribution in [0.3, 0.4) is 0 Å². The minimum atomic E-state index is -2.96. The number of nitrogens with one attached hydrogen (secondary N) is 1. The van der Waals surface area contributed by atoms with Crippen LogP contribution in [0.4, 0.5) is 11.4 Å². The first kappa shape index (κ1) is 21.6. The molecule has 3 aliphatic rings. The Morgan fingerprint density at radius 2 is 1.81 bits per heavy atom. The van der Waals surface area contributed by atoms with E-state index in [4.69, 9.17) is 11.6 Å². The van der Waals surface area contributed by atoms with Crippen LogP contribution in [0.1, 0.15) is 10.4 Å². The summed E-state index contributed by atoms with van der Waals surface area (Å²) in [7, 11) is -2.96. The second-order valence-electron chi connectivity index (χ2n) is 8.20. The molecule has 0 saturated carbocycles. The monoisotopic (exact) mass is 490 g/mol. The number of rotatable bonds is 3. The van der Waals surface area contributed by atoms with Gasteiger partial charge in [0.2, 0.25) is 0 Å². The third-order valence-electron chi connectivity index (χ3n) is 5.94. The number of fused-ring (bicyclic) bond motifs is 1. The summed E-state index contributed by atoms with van der Waals surface area (Å²) >= 11 is 7.58. The first-order valence-corrected chi connectivity index (χ1v) is 13.6. The highest BCUT2D eigenvalue weighted by atomic mass is 35.5. The van der Waals surface area contributed by atoms with Crippen LogP contribution in [-0.4, -0.2) is 73.4 Å². The van der Waals surface area contributed by atoms with Gasteiger partial charge in [-0.25, -0.2) is 8.42 Å². The zero-order valence-electron chi connectivity index (χ0n) is 17.3. The van der Waals surface area contributed by atoms with Crippen molar-refractivity contribution in [2.75, 3.05) is 47.9 Å². The van der Waals surface area contributed by atoms with Crippen LogP contribution in [0.25, 0.3) is 0 Å². The molecule has 0 aliphatic carbocycles. The normalized spacial score (nSPS) is 24.2. The minimum Gasteiger partial charge on any atom is -0.368 e. The molecule has 32 heavy (non-hydrogen) atoms. The number of thioether (sulfide) groups is 1. The first-order valence-electron chi connectivity index (χ1n) is 10.5. The van der Waals surface area contributed by atoms with Crippen molar-refractivity contribution in [1.29, 1.82) is 0 Å². The van der Waals surface area contributed by atoms with Crippen LogP contribution in [-0.2, 0) is 9.84 Å². The molecule has 10 heteroatoms. The van der Waals surface area contributed by atoms with E-state index in [1.807, 2.05) is 53.4 Å². The lowest BCUT2D eigenvalue weighted by atomic mass is 10.1. The Morgan fingerprint density at radius 3 is 2.50 bits per heavy atom. The fourth-order valence-corrected chi connectivity index (χ4v) is 8.12. The van der Waals surface area contributed by atoms with Gasteiger partial charge in [0, 0.05) is 53.4 Å². The molecule has 2 aromatic carbocycles. The Kier molecular flexibility index (Phi) is 5.81. The predicted octanol–water partition coefficient (Wildman–Crippen LogP) is 2.98. The molecule has 2 atom stereocenters. The number of carbonyl (C=O) groups is 1. The van der Waals surface area contributed by atoms with E-state index < -0.39 is 9.84 Å². The molecule has 5 rings (SSSR count). The van der Waals surface area contributed by atoms with Crippen molar-refractivity contribution in [3.8, 4) is 0 Å². The molecular formula is C22H23ClN4O3S2. The van der Waals surface area contributed by atoms with Gasteiger partial charge >= 0.3 is 0 Å². The summed E-state index contributed by atoms with van der Waals surface area (Å²) in [5, 5.41) is 4.71. The zero-order chi connectivity index (χ0) is 22.3. The summed E-state index contributed by atoms with van der Waals surface area (Å²) in [5.41, 5.74) is 2.56. The van der Waals surface area contributed by atoms with E-state index in [0.29, 0.717) is 23.7 Å². The molecule has 0 bridgehead atoms. The van der Waals surface area contributed by atoms with Crippen molar-refractivity contribution in [3.63, 3.8) is 0 Å². The fourth-order valence-electron chi connectivity index (χ4n) is 4.26. The molecule has 0 aromatic heterocycles. The van der Waals surface area contributed by atoms with Crippen LogP contribution < -0.4 is 10.2 Å². The Hall–Kier alpha value is -2.23. The Morgan fingerprint density at radius 1 is 1.06 bits per heavy atom. The molecule has 2 fully saturated rings. The van der Waals surface area contributed by atoms with Crippen LogP contribution in [0.2, 0.25) is 5.02 Å². The molecule has 0 spiro atoms. The van der Waals surface area contributed by atoms with Crippen LogP contribution in [0.5, 0.6) is 0 Å². The van der Waals surface area contributed by atoms with Crippen molar-refractivity contribution in [2.24, 2.45) is 4.99 Å². The SMILES string of the molecule is O=C(c1ccc(NC2=N[C@@H]3CS(=O)(=O)C[C@@H]3S2)cc1)N1CCN(c2cccc(Cl)c2)CC1. The molecule has 0 unspecified atom stereocenters. The average molecular weight is 491 g/mol. The lowest BCUT2D eigenvalue weighted by Gasteiger charge is -2.36. The number of halogens is 1. The number of aliphatic imine (C=N–C) groups is 1. The number of sulfone groups is 1. The summed E-state index contributed by atoms with van der Waals surface area (Å²) in [6.45, 7) is 2.84. The number of anilines is 2. The molecule has 1 amide bonds. The molecule has 2 aromatic rings. The van der Waals surface area contributed by atoms with E-state index >= 15 is 0 Å². The van der Waals surface area contributed by atoms with Gasteiger partial charge in [-0.05, 0) is 42.5 Å². The quantitative estimate of drug-likeness (QED) is 0.712. The third kappa shape index (κ3) is 4.60. The van der Waals surface area contributed by atoms with E-state index in [0.717, 1.165) is 29.6 Å². The zero-order valence-corrected chi connectivity index (χ0v) is 19.7. The summed E-state index contributed by atoms with van der Waals surface area (Å²) < 4.78 is 23.4. The molecule has 2 saturated heterocycles. The summed E-state index contributed by atoms with van der Waals surface area (Å²) in [6, 6.07) is 15.0. The van der Waals surface area contributed by atoms with Gasteiger partial charge in [-0.15, -0.1) is 0 Å². The third-order valence-corrected chi connectivity index (χ3v) is 9.32. The summed E-state index contributed by atoms with van der Waals surface area (Å²) in [4.78, 5) is 21.6. The van der Waals surface area contributed by atoms with Gasteiger partial charge in [0.1, 0.15) is 0 Å². The molecule has 7 nitrogen and oxygen atoms in total. The number of benzene rings is 2. The number of carbonyl (C=O) groups excluding carboxylic acids is 1. The van der Waals surface area contributed by atoms with Gasteiger partial charge in [0.25, 0.3) is 5.91 Å². The van der Waals surface area contributed by atoms with E-state index in [-0.39, 0.29) is 28.7 Å². The molecule has 168 valence electrons. The standard InChI is InChI=1S/C22H23ClN4O3S2/c23-16-2-1-3-18(12-16)26-8-10-27(11-9-26)21(28)15-4-6-17(7-5-15)24-22-25-19-13-32(29,30)14-20(19)31-22/h1-7,12,19-20H,8-11,13-14H2,(H,24,25)/t19-,20+/m1/s1. The van der Waals surface area contributed by atoms with Crippen molar-refractivity contribution in [1.82, 2.24) is 4.90 Å². The number of hydrogen-bond donors (Lipinski definition) is 1. The highest BCUT2D eigenvalue weighted by Crippen LogP contribution is 2.34. The Balaban J connectivity index is 1.17. The van der Waals surface area contributed by atoms with Crippen LogP contribution >= 0.6 is 23.4 Å². The van der Waals surface area contributed by atoms with Gasteiger partial charge < -0.3 is 15.1 Å². The van der Waals surface area contributed by atoms with Gasteiger partial charge in [-0.2, -0.15) is 0 Å². The second-order valence-corrected chi connectivity index (χ2v) is 12.0. The molecule has 3 heterocycles. The lowest BCUT2D eigenvalue weighted by molar-refractivity contribution is 0.0747. The number of hydrogen-bond acceptors (Lipinski definition) is 7. The maximum atomic E-state index is 12.9. The number of amidine groups is 1. The van der Waals surface area contributed by atoms with Crippen LogP contribution in [0, 0.1) is 0 Å². The van der Waals surface area contributed by atoms with Crippen molar-refractivity contribution < 1.29 is 13.2 Å². The summed E-state index contributed by atoms with van der Waals surface area (Å²) in [5.74, 6) is 0.345. The van der Waals surface area contributed by atoms with Gasteiger partial charge in [-0.3, -0.25) is 9.79 Å². The van der Waals surface area contributed by atoms with Crippen molar-refractivity contribution in [2.45, 2.75) is 11.3 Å². The smallest absolute Gasteiger partial charge is 0.253 e. The van der Waals surface area contributed by atoms with Gasteiger partial charge in [0.15, 0.2) is 15.0 Å². The molecule has 3 aliphatic heterocycles. The van der Waals surface area contributed by atoms with E-state index in [2.05, 4.69) is 15.2 Å². The van der Waals surface area contributed by atoms with Crippen molar-refractivity contribution >= 4 is 55.6 Å². The fraction of sp³-hybridized carbons (Fsp3) is 0.364. The average Bonchev–Trinajstić information content (AvgIpc) is 3.26. The lowest BCUT2D eigenvalue weighted by Crippen LogP contribution is -2.48. The molecule has 1 N–H and O–H groups in total. The second kappa shape index (κ2) is 8.61. The largest absolute Gasteiger partial charge is 0.368 e. The predicted molar refractivity (Wildman–Crippen MR) is 131 cm³/mol. The molecular weight excluding hydrogens is 468 g/mol. The summed E-state index contributed by atoms with van der Waals surface area (Å²) in [6.07, 6.45) is 0. The Bertz CT molecular complexity index is 1160. The van der Waals surface area contributed by atoms with Gasteiger partial charge in [-0.1, -0.05) is 29.4 Å². The maximum Gasteiger partial charge on any atom is 0.253 e. The minimum absolute atomic E-state index is 0.00827. The van der Waals surface area contributed by atoms with E-state index in [9.17, 15) is 13.2 Å². The number of nitrogens with zero attached hydrogens (tertiary/aromatic N) is 3. The first-order chi connectivity index (χ1) is 15.4. The van der Waals surface area contributed by atoms with Crippen molar-refractivity contribution in [3.05, 3.63) is 59.1 Å². The van der Waals surface area contributed by atoms with E-state index in [1.165, 1.54) is 11.8 Å². The van der Waals surface area contributed by atoms with E-state index in [1.54, 1.807) is 0 Å². The maximum absolute atomic E-state index is 12.9. The Labute approximate surface area is 196 Å². The van der Waals surface area contributed by atoms with Gasteiger partial charge in [0.05, 0.1) is 17.5 Å². The van der Waals surface area contributed by atoms with Crippen LogP contribution in [0.15, 0.2) is 53.5 Å². The highest BCUT2D eigenvalue weighted by molar-refractivity contribution is 8.15. The topological polar surface area (TPSA) is 82.1 Å². The number of amides is 1. The number of piperazine rings is 1. The molecule has 0 radical (unpaired) electrons. The highest BCUT2D eigenvalue weighted by Gasteiger charge is 2.42.